The molecule has 0 heterocycles. The van der Waals surface area contributed by atoms with E-state index in [1.165, 1.54) is 0 Å². The Morgan fingerprint density at radius 2 is 0.857 bits per heavy atom. The van der Waals surface area contributed by atoms with E-state index in [2.05, 4.69) is 30.3 Å². The molecule has 0 fully saturated rings. The van der Waals surface area contributed by atoms with Gasteiger partial charge in [-0.3, -0.25) is 4.21 Å². The van der Waals surface area contributed by atoms with Crippen molar-refractivity contribution >= 4 is 31.5 Å². The molecule has 0 saturated heterocycles. The number of thiol groups is 1. The molecule has 5 aromatic carbocycles. The molecule has 0 radical (unpaired) electrons. The number of benzene rings is 5. The Hall–Kier alpha value is -3.23. The summed E-state index contributed by atoms with van der Waals surface area (Å²) in [6, 6.07) is 38.5. The molecule has 0 spiro atoms. The highest BCUT2D eigenvalue weighted by molar-refractivity contribution is 8.03. The predicted molar refractivity (Wildman–Crippen MR) is 119 cm³/mol. The average molecular weight is 381 g/mol. The maximum atomic E-state index is 15.0. The molecular weight excluding hydrogens is 360 g/mol. The molecule has 0 aromatic heterocycles. The summed E-state index contributed by atoms with van der Waals surface area (Å²) in [5.41, 5.74) is 0. The van der Waals surface area contributed by atoms with Gasteiger partial charge in [-0.05, 0) is 61.8 Å². The van der Waals surface area contributed by atoms with Crippen LogP contribution < -0.4 is 0 Å². The molecule has 5 aromatic rings. The molecule has 0 bridgehead atoms. The van der Waals surface area contributed by atoms with E-state index in [9.17, 15) is 0 Å². The molecule has 0 saturated carbocycles. The van der Waals surface area contributed by atoms with Crippen LogP contribution in [-0.2, 0) is 9.93 Å². The van der Waals surface area contributed by atoms with Crippen molar-refractivity contribution in [3.63, 3.8) is 0 Å². The lowest BCUT2D eigenvalue weighted by Crippen LogP contribution is -2.15. The smallest absolute Gasteiger partial charge is 0.0386 e. The standard InChI is InChI=1S/C26H20OS/c27-28(22-13-3-1-4-14-22,23-15-5-2-6-16-23)26-24-17-9-7-11-20(24)19-21-12-8-10-18-25(21)26/h1-19,28H. The summed E-state index contributed by atoms with van der Waals surface area (Å²) >= 11 is 0. The number of hydrogen-bond acceptors (Lipinski definition) is 1. The van der Waals surface area contributed by atoms with Crippen LogP contribution in [0.3, 0.4) is 0 Å². The van der Waals surface area contributed by atoms with E-state index < -0.39 is 9.93 Å². The summed E-state index contributed by atoms with van der Waals surface area (Å²) in [6.45, 7) is 0. The van der Waals surface area contributed by atoms with Crippen LogP contribution in [0.1, 0.15) is 0 Å². The van der Waals surface area contributed by atoms with Crippen LogP contribution >= 0.6 is 0 Å². The van der Waals surface area contributed by atoms with Gasteiger partial charge in [0.15, 0.2) is 0 Å². The van der Waals surface area contributed by atoms with Gasteiger partial charge in [-0.1, -0.05) is 84.9 Å². The third kappa shape index (κ3) is 2.57. The average Bonchev–Trinajstić information content (AvgIpc) is 2.78. The van der Waals surface area contributed by atoms with E-state index in [1.54, 1.807) is 0 Å². The highest BCUT2D eigenvalue weighted by atomic mass is 32.2. The van der Waals surface area contributed by atoms with Crippen LogP contribution in [0.15, 0.2) is 130 Å². The van der Waals surface area contributed by atoms with Crippen LogP contribution in [0.25, 0.3) is 21.5 Å². The molecule has 0 aliphatic rings. The fourth-order valence-corrected chi connectivity index (χ4v) is 7.10. The molecule has 0 atom stereocenters. The zero-order chi connectivity index (χ0) is 19.0. The van der Waals surface area contributed by atoms with Crippen molar-refractivity contribution in [3.8, 4) is 0 Å². The summed E-state index contributed by atoms with van der Waals surface area (Å²) in [5, 5.41) is 4.33. The molecule has 0 aliphatic heterocycles. The summed E-state index contributed by atoms with van der Waals surface area (Å²) < 4.78 is 15.0. The minimum Gasteiger partial charge on any atom is -0.271 e. The van der Waals surface area contributed by atoms with Gasteiger partial charge in [0.1, 0.15) is 0 Å². The molecule has 0 N–H and O–H groups in total. The van der Waals surface area contributed by atoms with Crippen molar-refractivity contribution in [2.24, 2.45) is 0 Å². The van der Waals surface area contributed by atoms with E-state index in [0.29, 0.717) is 0 Å². The second kappa shape index (κ2) is 6.74. The van der Waals surface area contributed by atoms with E-state index in [1.807, 2.05) is 84.9 Å². The van der Waals surface area contributed by atoms with Crippen molar-refractivity contribution in [2.45, 2.75) is 14.7 Å². The largest absolute Gasteiger partial charge is 0.271 e. The quantitative estimate of drug-likeness (QED) is 0.280. The summed E-state index contributed by atoms with van der Waals surface area (Å²) in [6.07, 6.45) is 0. The Morgan fingerprint density at radius 3 is 1.32 bits per heavy atom. The summed E-state index contributed by atoms with van der Waals surface area (Å²) in [5.74, 6) is 0. The highest BCUT2D eigenvalue weighted by Crippen LogP contribution is 2.43. The van der Waals surface area contributed by atoms with Crippen LogP contribution in [0.5, 0.6) is 0 Å². The summed E-state index contributed by atoms with van der Waals surface area (Å²) in [7, 11) is -3.07. The van der Waals surface area contributed by atoms with Crippen molar-refractivity contribution in [3.05, 3.63) is 115 Å². The van der Waals surface area contributed by atoms with Crippen LogP contribution in [0, 0.1) is 0 Å². The fraction of sp³-hybridized carbons (Fsp3) is 0. The van der Waals surface area contributed by atoms with E-state index in [0.717, 1.165) is 36.2 Å². The molecule has 1 nitrogen and oxygen atoms in total. The van der Waals surface area contributed by atoms with Gasteiger partial charge < -0.3 is 0 Å². The van der Waals surface area contributed by atoms with Gasteiger partial charge in [0.2, 0.25) is 0 Å². The maximum absolute atomic E-state index is 15.0. The molecular formula is C26H20OS. The lowest BCUT2D eigenvalue weighted by atomic mass is 10.0. The Morgan fingerprint density at radius 1 is 0.464 bits per heavy atom. The van der Waals surface area contributed by atoms with E-state index >= 15 is 4.21 Å². The number of fused-ring (bicyclic) bond motifs is 2. The zero-order valence-electron chi connectivity index (χ0n) is 15.3. The first-order chi connectivity index (χ1) is 13.8. The first-order valence-electron chi connectivity index (χ1n) is 9.41. The molecule has 0 aliphatic carbocycles. The van der Waals surface area contributed by atoms with Crippen LogP contribution in [0.2, 0.25) is 0 Å². The Balaban J connectivity index is 2.01. The van der Waals surface area contributed by atoms with Gasteiger partial charge in [0, 0.05) is 14.7 Å². The molecule has 28 heavy (non-hydrogen) atoms. The molecule has 0 amide bonds. The highest BCUT2D eigenvalue weighted by Gasteiger charge is 2.27. The van der Waals surface area contributed by atoms with Gasteiger partial charge in [-0.15, -0.1) is 0 Å². The minimum absolute atomic E-state index is 0.864. The molecule has 2 heteroatoms. The van der Waals surface area contributed by atoms with E-state index in [4.69, 9.17) is 0 Å². The SMILES string of the molecule is O=[SH](c1ccccc1)(c1ccccc1)c1c2ccccc2cc2ccccc12. The van der Waals surface area contributed by atoms with Crippen molar-refractivity contribution < 1.29 is 4.21 Å². The second-order valence-electron chi connectivity index (χ2n) is 6.95. The van der Waals surface area contributed by atoms with Crippen molar-refractivity contribution in [1.82, 2.24) is 0 Å². The third-order valence-corrected chi connectivity index (χ3v) is 8.46. The minimum atomic E-state index is -3.07. The van der Waals surface area contributed by atoms with E-state index in [-0.39, 0.29) is 0 Å². The van der Waals surface area contributed by atoms with Gasteiger partial charge in [-0.2, -0.15) is 0 Å². The monoisotopic (exact) mass is 380 g/mol. The first kappa shape index (κ1) is 16.9. The number of hydrogen-bond donors (Lipinski definition) is 1. The van der Waals surface area contributed by atoms with Gasteiger partial charge >= 0.3 is 0 Å². The first-order valence-corrected chi connectivity index (χ1v) is 11.1. The second-order valence-corrected chi connectivity index (χ2v) is 9.65. The van der Waals surface area contributed by atoms with Gasteiger partial charge in [0.05, 0.1) is 0 Å². The third-order valence-electron chi connectivity index (χ3n) is 5.30. The number of rotatable bonds is 3. The van der Waals surface area contributed by atoms with Crippen LogP contribution in [0.4, 0.5) is 0 Å². The Bertz CT molecular complexity index is 1230. The van der Waals surface area contributed by atoms with Crippen LogP contribution in [-0.4, -0.2) is 4.21 Å². The summed E-state index contributed by atoms with van der Waals surface area (Å²) in [4.78, 5) is 2.66. The molecule has 5 rings (SSSR count). The van der Waals surface area contributed by atoms with Crippen molar-refractivity contribution in [2.75, 3.05) is 0 Å². The zero-order valence-corrected chi connectivity index (χ0v) is 16.2. The molecule has 136 valence electrons. The maximum Gasteiger partial charge on any atom is 0.0386 e. The molecule has 0 unspecified atom stereocenters. The topological polar surface area (TPSA) is 17.1 Å². The lowest BCUT2D eigenvalue weighted by Gasteiger charge is -2.28. The normalized spacial score (nSPS) is 12.3. The van der Waals surface area contributed by atoms with Gasteiger partial charge in [0.25, 0.3) is 0 Å². The fourth-order valence-electron chi connectivity index (χ4n) is 4.01. The Labute approximate surface area is 165 Å². The lowest BCUT2D eigenvalue weighted by molar-refractivity contribution is 0.671. The Kier molecular flexibility index (Phi) is 4.07. The van der Waals surface area contributed by atoms with Crippen molar-refractivity contribution in [1.29, 1.82) is 0 Å². The van der Waals surface area contributed by atoms with Gasteiger partial charge in [-0.25, -0.2) is 0 Å². The predicted octanol–water partition coefficient (Wildman–Crippen LogP) is 6.49.